The molecule has 5 N–H and O–H groups in total. The van der Waals surface area contributed by atoms with Gasteiger partial charge in [0.1, 0.15) is 5.82 Å². The largest absolute Gasteiger partial charge is 0.383 e. The van der Waals surface area contributed by atoms with Crippen LogP contribution in [-0.4, -0.2) is 28.8 Å². The number of Topliss-reactive ketones (excluding diaryl/α,β-unsaturated/α-hetero) is 1. The third-order valence-corrected chi connectivity index (χ3v) is 5.52. The predicted molar refractivity (Wildman–Crippen MR) is 124 cm³/mol. The second kappa shape index (κ2) is 10.7. The molecule has 0 aliphatic carbocycles. The van der Waals surface area contributed by atoms with E-state index in [-0.39, 0.29) is 11.7 Å². The zero-order chi connectivity index (χ0) is 22.2. The van der Waals surface area contributed by atoms with Gasteiger partial charge >= 0.3 is 0 Å². The standard InChI is InChI=1S/C25H30N4O2/c1-17(29-25(31)22(26)9-5-8-18-6-3-2-4-7-18)23(30)13-11-19-10-12-21-20(16-19)14-15-28-24(21)27/h2-4,6-7,10,12,14-17,22H,5,8-9,11,13,26H2,1H3,(H2,27,28)(H,29,31)/t17-,22+/m0/s1. The Kier molecular flexibility index (Phi) is 7.73. The number of carbonyl (C=O) groups excluding carboxylic acids is 2. The summed E-state index contributed by atoms with van der Waals surface area (Å²) in [5.41, 5.74) is 14.2. The molecule has 1 aromatic heterocycles. The zero-order valence-electron chi connectivity index (χ0n) is 17.9. The molecule has 1 amide bonds. The molecule has 6 heteroatoms. The van der Waals surface area contributed by atoms with E-state index >= 15 is 0 Å². The zero-order valence-corrected chi connectivity index (χ0v) is 17.9. The van der Waals surface area contributed by atoms with Gasteiger partial charge in [0.05, 0.1) is 12.1 Å². The third kappa shape index (κ3) is 6.36. The average Bonchev–Trinajstić information content (AvgIpc) is 2.78. The predicted octanol–water partition coefficient (Wildman–Crippen LogP) is 3.17. The Morgan fingerprint density at radius 2 is 1.81 bits per heavy atom. The van der Waals surface area contributed by atoms with Crippen LogP contribution < -0.4 is 16.8 Å². The number of benzene rings is 2. The fourth-order valence-corrected chi connectivity index (χ4v) is 3.59. The Morgan fingerprint density at radius 1 is 1.03 bits per heavy atom. The van der Waals surface area contributed by atoms with Gasteiger partial charge in [-0.3, -0.25) is 9.59 Å². The molecule has 0 unspecified atom stereocenters. The summed E-state index contributed by atoms with van der Waals surface area (Å²) in [5.74, 6) is 0.207. The lowest BCUT2D eigenvalue weighted by atomic mass is 10.0. The molecule has 0 radical (unpaired) electrons. The average molecular weight is 419 g/mol. The van der Waals surface area contributed by atoms with Crippen LogP contribution in [0.25, 0.3) is 10.8 Å². The summed E-state index contributed by atoms with van der Waals surface area (Å²) in [6, 6.07) is 16.7. The molecule has 2 aromatic carbocycles. The summed E-state index contributed by atoms with van der Waals surface area (Å²) in [6.45, 7) is 1.71. The number of ketones is 1. The first-order valence-corrected chi connectivity index (χ1v) is 10.7. The first-order chi connectivity index (χ1) is 14.9. The first-order valence-electron chi connectivity index (χ1n) is 10.7. The van der Waals surface area contributed by atoms with E-state index in [1.807, 2.05) is 42.5 Å². The van der Waals surface area contributed by atoms with Crippen molar-refractivity contribution < 1.29 is 9.59 Å². The first kappa shape index (κ1) is 22.4. The highest BCUT2D eigenvalue weighted by atomic mass is 16.2. The number of nitrogens with one attached hydrogen (secondary N) is 1. The molecule has 162 valence electrons. The molecule has 0 spiro atoms. The summed E-state index contributed by atoms with van der Waals surface area (Å²) in [5, 5.41) is 4.67. The fourth-order valence-electron chi connectivity index (χ4n) is 3.59. The van der Waals surface area contributed by atoms with Crippen LogP contribution in [0.5, 0.6) is 0 Å². The smallest absolute Gasteiger partial charge is 0.237 e. The SMILES string of the molecule is C[C@H](NC(=O)[C@H](N)CCCc1ccccc1)C(=O)CCc1ccc2c(N)nccc2c1. The van der Waals surface area contributed by atoms with Crippen molar-refractivity contribution in [3.63, 3.8) is 0 Å². The minimum atomic E-state index is -0.612. The summed E-state index contributed by atoms with van der Waals surface area (Å²) in [6.07, 6.45) is 4.90. The number of pyridine rings is 1. The molecule has 0 aliphatic heterocycles. The Labute approximate surface area is 183 Å². The highest BCUT2D eigenvalue weighted by Crippen LogP contribution is 2.20. The van der Waals surface area contributed by atoms with Crippen molar-refractivity contribution in [2.24, 2.45) is 5.73 Å². The fraction of sp³-hybridized carbons (Fsp3) is 0.320. The van der Waals surface area contributed by atoms with E-state index in [0.29, 0.717) is 25.1 Å². The van der Waals surface area contributed by atoms with Crippen LogP contribution in [0.3, 0.4) is 0 Å². The maximum atomic E-state index is 12.5. The second-order valence-electron chi connectivity index (χ2n) is 7.93. The Bertz CT molecular complexity index is 1040. The van der Waals surface area contributed by atoms with E-state index < -0.39 is 12.1 Å². The van der Waals surface area contributed by atoms with Crippen molar-refractivity contribution in [2.45, 2.75) is 51.1 Å². The second-order valence-corrected chi connectivity index (χ2v) is 7.93. The molecule has 0 saturated carbocycles. The lowest BCUT2D eigenvalue weighted by molar-refractivity contribution is -0.128. The summed E-state index contributed by atoms with van der Waals surface area (Å²) in [4.78, 5) is 28.9. The number of carbonyl (C=O) groups is 2. The number of aromatic nitrogens is 1. The van der Waals surface area contributed by atoms with Gasteiger partial charge in [0.25, 0.3) is 0 Å². The number of hydrogen-bond acceptors (Lipinski definition) is 5. The monoisotopic (exact) mass is 418 g/mol. The van der Waals surface area contributed by atoms with Crippen molar-refractivity contribution in [1.29, 1.82) is 0 Å². The van der Waals surface area contributed by atoms with E-state index in [1.165, 1.54) is 5.56 Å². The molecule has 1 heterocycles. The van der Waals surface area contributed by atoms with Gasteiger partial charge in [0.15, 0.2) is 5.78 Å². The normalized spacial score (nSPS) is 13.0. The molecule has 0 bridgehead atoms. The third-order valence-electron chi connectivity index (χ3n) is 5.52. The van der Waals surface area contributed by atoms with Crippen LogP contribution in [-0.2, 0) is 22.4 Å². The Morgan fingerprint density at radius 3 is 2.58 bits per heavy atom. The summed E-state index contributed by atoms with van der Waals surface area (Å²) < 4.78 is 0. The highest BCUT2D eigenvalue weighted by Gasteiger charge is 2.19. The molecule has 3 rings (SSSR count). The Hall–Kier alpha value is -3.25. The van der Waals surface area contributed by atoms with Crippen LogP contribution >= 0.6 is 0 Å². The number of amides is 1. The van der Waals surface area contributed by atoms with E-state index in [0.717, 1.165) is 29.2 Å². The quantitative estimate of drug-likeness (QED) is 0.468. The molecule has 31 heavy (non-hydrogen) atoms. The molecule has 0 fully saturated rings. The van der Waals surface area contributed by atoms with E-state index in [2.05, 4.69) is 22.4 Å². The van der Waals surface area contributed by atoms with Gasteiger partial charge in [-0.25, -0.2) is 4.98 Å². The van der Waals surface area contributed by atoms with Crippen LogP contribution in [0.2, 0.25) is 0 Å². The van der Waals surface area contributed by atoms with E-state index in [1.54, 1.807) is 13.1 Å². The molecular formula is C25H30N4O2. The van der Waals surface area contributed by atoms with Crippen molar-refractivity contribution in [1.82, 2.24) is 10.3 Å². The number of nitrogen functional groups attached to an aromatic ring is 1. The van der Waals surface area contributed by atoms with E-state index in [4.69, 9.17) is 11.5 Å². The summed E-state index contributed by atoms with van der Waals surface area (Å²) >= 11 is 0. The highest BCUT2D eigenvalue weighted by molar-refractivity contribution is 5.92. The van der Waals surface area contributed by atoms with Crippen LogP contribution in [0.1, 0.15) is 37.3 Å². The lowest BCUT2D eigenvalue weighted by Gasteiger charge is -2.17. The number of rotatable bonds is 10. The maximum absolute atomic E-state index is 12.5. The molecule has 6 nitrogen and oxygen atoms in total. The van der Waals surface area contributed by atoms with Crippen LogP contribution in [0, 0.1) is 0 Å². The van der Waals surface area contributed by atoms with Gasteiger partial charge in [0, 0.05) is 18.0 Å². The number of fused-ring (bicyclic) bond motifs is 1. The number of nitrogens with zero attached hydrogens (tertiary/aromatic N) is 1. The molecule has 3 aromatic rings. The summed E-state index contributed by atoms with van der Waals surface area (Å²) in [7, 11) is 0. The number of hydrogen-bond donors (Lipinski definition) is 3. The van der Waals surface area contributed by atoms with Gasteiger partial charge in [-0.05, 0) is 55.2 Å². The van der Waals surface area contributed by atoms with Crippen molar-refractivity contribution in [2.75, 3.05) is 5.73 Å². The van der Waals surface area contributed by atoms with Crippen molar-refractivity contribution >= 4 is 28.3 Å². The molecular weight excluding hydrogens is 388 g/mol. The van der Waals surface area contributed by atoms with Crippen LogP contribution in [0.15, 0.2) is 60.8 Å². The van der Waals surface area contributed by atoms with Crippen LogP contribution in [0.4, 0.5) is 5.82 Å². The minimum absolute atomic E-state index is 0.0147. The van der Waals surface area contributed by atoms with E-state index in [9.17, 15) is 9.59 Å². The van der Waals surface area contributed by atoms with Gasteiger partial charge in [-0.2, -0.15) is 0 Å². The minimum Gasteiger partial charge on any atom is -0.383 e. The van der Waals surface area contributed by atoms with Gasteiger partial charge in [-0.15, -0.1) is 0 Å². The number of anilines is 1. The molecule has 0 saturated heterocycles. The Balaban J connectivity index is 1.43. The number of aryl methyl sites for hydroxylation is 2. The van der Waals surface area contributed by atoms with Crippen molar-refractivity contribution in [3.8, 4) is 0 Å². The van der Waals surface area contributed by atoms with Gasteiger partial charge in [0.2, 0.25) is 5.91 Å². The maximum Gasteiger partial charge on any atom is 0.237 e. The molecule has 2 atom stereocenters. The van der Waals surface area contributed by atoms with Crippen molar-refractivity contribution in [3.05, 3.63) is 71.9 Å². The lowest BCUT2D eigenvalue weighted by Crippen LogP contribution is -2.47. The van der Waals surface area contributed by atoms with Gasteiger partial charge < -0.3 is 16.8 Å². The topological polar surface area (TPSA) is 111 Å². The molecule has 0 aliphatic rings. The number of nitrogens with two attached hydrogens (primary N) is 2. The van der Waals surface area contributed by atoms with Gasteiger partial charge in [-0.1, -0.05) is 48.5 Å².